The van der Waals surface area contributed by atoms with E-state index < -0.39 is 0 Å². The molecule has 1 aromatic carbocycles. The first-order valence-corrected chi connectivity index (χ1v) is 7.22. The van der Waals surface area contributed by atoms with E-state index in [0.717, 1.165) is 26.9 Å². The molecular weight excluding hydrogens is 272 g/mol. The van der Waals surface area contributed by atoms with Crippen molar-refractivity contribution in [2.75, 3.05) is 7.11 Å². The second-order valence-electron chi connectivity index (χ2n) is 4.54. The van der Waals surface area contributed by atoms with Crippen LogP contribution in [0.2, 0.25) is 0 Å². The fourth-order valence-electron chi connectivity index (χ4n) is 1.89. The van der Waals surface area contributed by atoms with Gasteiger partial charge in [0.2, 0.25) is 5.91 Å². The minimum atomic E-state index is 0.0209. The number of carbonyl (C=O) groups is 1. The maximum atomic E-state index is 11.9. The van der Waals surface area contributed by atoms with E-state index in [1.54, 1.807) is 18.4 Å². The number of thiazole rings is 1. The molecule has 5 heteroatoms. The van der Waals surface area contributed by atoms with Crippen LogP contribution in [0.15, 0.2) is 24.3 Å². The number of nitrogens with zero attached hydrogens (tertiary/aromatic N) is 1. The Morgan fingerprint density at radius 3 is 2.55 bits per heavy atom. The summed E-state index contributed by atoms with van der Waals surface area (Å²) in [6, 6.07) is 7.67. The predicted molar refractivity (Wildman–Crippen MR) is 80.1 cm³/mol. The van der Waals surface area contributed by atoms with Gasteiger partial charge in [0, 0.05) is 11.4 Å². The molecule has 0 spiro atoms. The first kappa shape index (κ1) is 14.5. The topological polar surface area (TPSA) is 51.2 Å². The third kappa shape index (κ3) is 3.81. The van der Waals surface area contributed by atoms with Crippen LogP contribution in [0.5, 0.6) is 5.75 Å². The Hall–Kier alpha value is -1.88. The van der Waals surface area contributed by atoms with E-state index in [9.17, 15) is 4.79 Å². The molecule has 20 heavy (non-hydrogen) atoms. The van der Waals surface area contributed by atoms with E-state index >= 15 is 0 Å². The Kier molecular flexibility index (Phi) is 4.74. The number of hydrogen-bond acceptors (Lipinski definition) is 4. The van der Waals surface area contributed by atoms with Crippen molar-refractivity contribution < 1.29 is 9.53 Å². The molecule has 2 aromatic rings. The normalized spacial score (nSPS) is 10.3. The molecule has 0 fully saturated rings. The van der Waals surface area contributed by atoms with E-state index in [1.807, 2.05) is 38.1 Å². The third-order valence-electron chi connectivity index (χ3n) is 2.97. The van der Waals surface area contributed by atoms with Crippen LogP contribution in [-0.2, 0) is 17.8 Å². The zero-order chi connectivity index (χ0) is 14.5. The fraction of sp³-hybridized carbons (Fsp3) is 0.333. The summed E-state index contributed by atoms with van der Waals surface area (Å²) in [4.78, 5) is 17.3. The summed E-state index contributed by atoms with van der Waals surface area (Å²) in [7, 11) is 1.64. The lowest BCUT2D eigenvalue weighted by Crippen LogP contribution is -2.24. The van der Waals surface area contributed by atoms with Crippen molar-refractivity contribution in [1.82, 2.24) is 10.3 Å². The molecule has 1 heterocycles. The van der Waals surface area contributed by atoms with Crippen molar-refractivity contribution >= 4 is 17.2 Å². The highest BCUT2D eigenvalue weighted by atomic mass is 32.1. The average molecular weight is 290 g/mol. The van der Waals surface area contributed by atoms with Gasteiger partial charge in [0.05, 0.1) is 24.2 Å². The summed E-state index contributed by atoms with van der Waals surface area (Å²) < 4.78 is 5.10. The van der Waals surface area contributed by atoms with Crippen molar-refractivity contribution in [2.24, 2.45) is 0 Å². The molecule has 1 N–H and O–H groups in total. The quantitative estimate of drug-likeness (QED) is 0.921. The van der Waals surface area contributed by atoms with Gasteiger partial charge >= 0.3 is 0 Å². The minimum Gasteiger partial charge on any atom is -0.497 e. The zero-order valence-corrected chi connectivity index (χ0v) is 12.7. The highest BCUT2D eigenvalue weighted by Gasteiger charge is 2.09. The smallest absolute Gasteiger partial charge is 0.225 e. The molecule has 0 unspecified atom stereocenters. The second-order valence-corrected chi connectivity index (χ2v) is 5.83. The maximum absolute atomic E-state index is 11.9. The van der Waals surface area contributed by atoms with Gasteiger partial charge in [-0.15, -0.1) is 11.3 Å². The van der Waals surface area contributed by atoms with Crippen LogP contribution in [-0.4, -0.2) is 18.0 Å². The Labute approximate surface area is 122 Å². The van der Waals surface area contributed by atoms with Gasteiger partial charge in [0.1, 0.15) is 5.75 Å². The van der Waals surface area contributed by atoms with Crippen LogP contribution >= 0.6 is 11.3 Å². The number of aryl methyl sites for hydroxylation is 2. The summed E-state index contributed by atoms with van der Waals surface area (Å²) in [5, 5.41) is 3.92. The predicted octanol–water partition coefficient (Wildman–Crippen LogP) is 2.63. The largest absolute Gasteiger partial charge is 0.497 e. The standard InChI is InChI=1S/C15H18N2O2S/c1-10-14(20-11(2)17-10)8-15(18)16-9-12-4-6-13(19-3)7-5-12/h4-7H,8-9H2,1-3H3,(H,16,18). The summed E-state index contributed by atoms with van der Waals surface area (Å²) in [5.74, 6) is 0.836. The molecule has 106 valence electrons. The van der Waals surface area contributed by atoms with E-state index in [4.69, 9.17) is 4.74 Å². The number of hydrogen-bond donors (Lipinski definition) is 1. The molecule has 0 atom stereocenters. The molecule has 0 bridgehead atoms. The van der Waals surface area contributed by atoms with Crippen LogP contribution in [0.25, 0.3) is 0 Å². The van der Waals surface area contributed by atoms with Crippen LogP contribution in [0.1, 0.15) is 21.1 Å². The molecule has 0 aliphatic rings. The molecular formula is C15H18N2O2S. The molecule has 0 saturated heterocycles. The van der Waals surface area contributed by atoms with Crippen LogP contribution < -0.4 is 10.1 Å². The molecule has 1 amide bonds. The number of ether oxygens (including phenoxy) is 1. The van der Waals surface area contributed by atoms with Crippen LogP contribution in [0, 0.1) is 13.8 Å². The van der Waals surface area contributed by atoms with Gasteiger partial charge in [-0.05, 0) is 31.5 Å². The monoisotopic (exact) mass is 290 g/mol. The maximum Gasteiger partial charge on any atom is 0.225 e. The van der Waals surface area contributed by atoms with Crippen molar-refractivity contribution in [3.8, 4) is 5.75 Å². The summed E-state index contributed by atoms with van der Waals surface area (Å²) in [6.45, 7) is 4.42. The van der Waals surface area contributed by atoms with Crippen molar-refractivity contribution in [2.45, 2.75) is 26.8 Å². The van der Waals surface area contributed by atoms with E-state index in [1.165, 1.54) is 0 Å². The Bertz CT molecular complexity index is 590. The van der Waals surface area contributed by atoms with Crippen molar-refractivity contribution in [1.29, 1.82) is 0 Å². The summed E-state index contributed by atoms with van der Waals surface area (Å²) in [6.07, 6.45) is 0.396. The number of benzene rings is 1. The molecule has 0 radical (unpaired) electrons. The van der Waals surface area contributed by atoms with Gasteiger partial charge in [-0.3, -0.25) is 4.79 Å². The number of rotatable bonds is 5. The van der Waals surface area contributed by atoms with E-state index in [-0.39, 0.29) is 5.91 Å². The first-order valence-electron chi connectivity index (χ1n) is 6.41. The Morgan fingerprint density at radius 1 is 1.30 bits per heavy atom. The second kappa shape index (κ2) is 6.52. The SMILES string of the molecule is COc1ccc(CNC(=O)Cc2sc(C)nc2C)cc1. The molecule has 4 nitrogen and oxygen atoms in total. The molecule has 0 saturated carbocycles. The first-order chi connectivity index (χ1) is 9.58. The van der Waals surface area contributed by atoms with Crippen molar-refractivity contribution in [3.05, 3.63) is 45.4 Å². The van der Waals surface area contributed by atoms with Gasteiger partial charge < -0.3 is 10.1 Å². The number of amides is 1. The number of methoxy groups -OCH3 is 1. The van der Waals surface area contributed by atoms with Crippen LogP contribution in [0.3, 0.4) is 0 Å². The summed E-state index contributed by atoms with van der Waals surface area (Å²) >= 11 is 1.58. The number of aromatic nitrogens is 1. The third-order valence-corrected chi connectivity index (χ3v) is 4.04. The molecule has 1 aromatic heterocycles. The summed E-state index contributed by atoms with van der Waals surface area (Å²) in [5.41, 5.74) is 2.00. The van der Waals surface area contributed by atoms with Gasteiger partial charge in [-0.2, -0.15) is 0 Å². The lowest BCUT2D eigenvalue weighted by atomic mass is 10.2. The minimum absolute atomic E-state index is 0.0209. The van der Waals surface area contributed by atoms with Gasteiger partial charge in [-0.25, -0.2) is 4.98 Å². The average Bonchev–Trinajstić information content (AvgIpc) is 2.75. The van der Waals surface area contributed by atoms with Gasteiger partial charge in [0.15, 0.2) is 0 Å². The fourth-order valence-corrected chi connectivity index (χ4v) is 2.83. The van der Waals surface area contributed by atoms with E-state index in [0.29, 0.717) is 13.0 Å². The highest BCUT2D eigenvalue weighted by molar-refractivity contribution is 7.11. The van der Waals surface area contributed by atoms with Crippen molar-refractivity contribution in [3.63, 3.8) is 0 Å². The Balaban J connectivity index is 1.87. The van der Waals surface area contributed by atoms with Gasteiger partial charge in [-0.1, -0.05) is 12.1 Å². The van der Waals surface area contributed by atoms with Gasteiger partial charge in [0.25, 0.3) is 0 Å². The lowest BCUT2D eigenvalue weighted by molar-refractivity contribution is -0.120. The molecule has 2 rings (SSSR count). The lowest BCUT2D eigenvalue weighted by Gasteiger charge is -2.06. The molecule has 0 aliphatic carbocycles. The van der Waals surface area contributed by atoms with Crippen LogP contribution in [0.4, 0.5) is 0 Å². The number of nitrogens with one attached hydrogen (secondary N) is 1. The zero-order valence-electron chi connectivity index (χ0n) is 11.9. The Morgan fingerprint density at radius 2 is 2.00 bits per heavy atom. The van der Waals surface area contributed by atoms with E-state index in [2.05, 4.69) is 10.3 Å². The number of carbonyl (C=O) groups excluding carboxylic acids is 1. The highest BCUT2D eigenvalue weighted by Crippen LogP contribution is 2.17. The molecule has 0 aliphatic heterocycles.